The van der Waals surface area contributed by atoms with Crippen LogP contribution < -0.4 is 0 Å². The van der Waals surface area contributed by atoms with Crippen molar-refractivity contribution in [1.29, 1.82) is 0 Å². The van der Waals surface area contributed by atoms with Crippen molar-refractivity contribution in [3.63, 3.8) is 0 Å². The lowest BCUT2D eigenvalue weighted by atomic mass is 9.76. The van der Waals surface area contributed by atoms with Gasteiger partial charge in [0.25, 0.3) is 0 Å². The number of esters is 3. The Morgan fingerprint density at radius 2 is 1.67 bits per heavy atom. The number of hydrogen-bond donors (Lipinski definition) is 0. The molecule has 7 nitrogen and oxygen atoms in total. The Bertz CT molecular complexity index is 1180. The lowest BCUT2D eigenvalue weighted by Gasteiger charge is -2.39. The Hall–Kier alpha value is -3.22. The smallest absolute Gasteiger partial charge is 0.338 e. The first-order valence-corrected chi connectivity index (χ1v) is 13.3. The maximum absolute atomic E-state index is 14.3. The molecule has 0 aliphatic heterocycles. The molecule has 0 bridgehead atoms. The molecule has 0 radical (unpaired) electrons. The highest BCUT2D eigenvalue weighted by atomic mass is 16.6. The fraction of sp³-hybridized carbons (Fsp3) is 0.562. The van der Waals surface area contributed by atoms with E-state index in [4.69, 9.17) is 14.2 Å². The molecule has 0 saturated heterocycles. The van der Waals surface area contributed by atoms with E-state index in [1.165, 1.54) is 13.8 Å². The topological polar surface area (TPSA) is 96.0 Å². The van der Waals surface area contributed by atoms with E-state index in [2.05, 4.69) is 20.4 Å². The molecule has 1 aromatic carbocycles. The molecule has 2 saturated carbocycles. The molecular formula is C32H42O7. The van der Waals surface area contributed by atoms with Crippen molar-refractivity contribution in [3.8, 4) is 0 Å². The van der Waals surface area contributed by atoms with Gasteiger partial charge < -0.3 is 14.2 Å². The van der Waals surface area contributed by atoms with Crippen LogP contribution in [-0.2, 0) is 28.6 Å². The number of Topliss-reactive ketones (excluding diaryl/α,β-unsaturated/α-hetero) is 1. The van der Waals surface area contributed by atoms with Gasteiger partial charge in [-0.25, -0.2) is 4.79 Å². The predicted molar refractivity (Wildman–Crippen MR) is 148 cm³/mol. The summed E-state index contributed by atoms with van der Waals surface area (Å²) in [4.78, 5) is 52.4. The number of ether oxygens (including phenoxy) is 3. The highest BCUT2D eigenvalue weighted by Gasteiger charge is 2.65. The van der Waals surface area contributed by atoms with Gasteiger partial charge in [0.15, 0.2) is 5.60 Å². The molecule has 212 valence electrons. The van der Waals surface area contributed by atoms with E-state index < -0.39 is 41.6 Å². The summed E-state index contributed by atoms with van der Waals surface area (Å²) in [6.45, 7) is 14.8. The second-order valence-electron chi connectivity index (χ2n) is 11.8. The van der Waals surface area contributed by atoms with Crippen molar-refractivity contribution in [1.82, 2.24) is 0 Å². The zero-order valence-corrected chi connectivity index (χ0v) is 23.1. The summed E-state index contributed by atoms with van der Waals surface area (Å²) in [5, 5.41) is 0. The van der Waals surface area contributed by atoms with Crippen LogP contribution in [0, 0.1) is 29.1 Å². The second-order valence-corrected chi connectivity index (χ2v) is 11.8. The molecule has 3 aliphatic rings. The van der Waals surface area contributed by atoms with Crippen molar-refractivity contribution < 1.29 is 33.4 Å². The van der Waals surface area contributed by atoms with Gasteiger partial charge in [0, 0.05) is 20.3 Å². The highest BCUT2D eigenvalue weighted by Crippen LogP contribution is 2.62. The van der Waals surface area contributed by atoms with Gasteiger partial charge in [-0.1, -0.05) is 59.1 Å². The monoisotopic (exact) mass is 538 g/mol. The molecule has 0 aromatic heterocycles. The van der Waals surface area contributed by atoms with Crippen LogP contribution in [0.25, 0.3) is 0 Å². The van der Waals surface area contributed by atoms with Crippen molar-refractivity contribution in [3.05, 3.63) is 59.7 Å². The molecular weight excluding hydrogens is 496 g/mol. The summed E-state index contributed by atoms with van der Waals surface area (Å²) in [6, 6.07) is 8.56. The average Bonchev–Trinajstić information content (AvgIpc) is 3.24. The third kappa shape index (κ3) is 5.59. The van der Waals surface area contributed by atoms with E-state index in [0.29, 0.717) is 29.0 Å². The largest absolute Gasteiger partial charge is 0.458 e. The highest BCUT2D eigenvalue weighted by molar-refractivity contribution is 6.03. The lowest BCUT2D eigenvalue weighted by Crippen LogP contribution is -2.55. The number of rotatable bonds is 4. The van der Waals surface area contributed by atoms with E-state index >= 15 is 0 Å². The number of allylic oxidation sites excluding steroid dienone is 1. The summed E-state index contributed by atoms with van der Waals surface area (Å²) >= 11 is 0. The number of carbonyl (C=O) groups is 4. The summed E-state index contributed by atoms with van der Waals surface area (Å²) in [6.07, 6.45) is 1.63. The number of benzene rings is 1. The van der Waals surface area contributed by atoms with Gasteiger partial charge in [0.1, 0.15) is 12.2 Å². The average molecular weight is 539 g/mol. The Morgan fingerprint density at radius 1 is 1.03 bits per heavy atom. The van der Waals surface area contributed by atoms with Crippen molar-refractivity contribution >= 4 is 23.7 Å². The first-order valence-electron chi connectivity index (χ1n) is 13.3. The fourth-order valence-electron chi connectivity index (χ4n) is 6.80. The summed E-state index contributed by atoms with van der Waals surface area (Å²) < 4.78 is 17.9. The minimum absolute atomic E-state index is 0. The lowest BCUT2D eigenvalue weighted by molar-refractivity contribution is -0.179. The molecule has 0 N–H and O–H groups in total. The number of hydrogen-bond acceptors (Lipinski definition) is 7. The van der Waals surface area contributed by atoms with Crippen LogP contribution in [0.4, 0.5) is 0 Å². The Morgan fingerprint density at radius 3 is 2.26 bits per heavy atom. The van der Waals surface area contributed by atoms with Crippen LogP contribution >= 0.6 is 0 Å². The third-order valence-corrected chi connectivity index (χ3v) is 8.77. The third-order valence-electron chi connectivity index (χ3n) is 8.77. The molecule has 7 heteroatoms. The van der Waals surface area contributed by atoms with Gasteiger partial charge >= 0.3 is 17.9 Å². The van der Waals surface area contributed by atoms with E-state index in [0.717, 1.165) is 6.42 Å². The summed E-state index contributed by atoms with van der Waals surface area (Å²) in [5.41, 5.74) is -0.203. The van der Waals surface area contributed by atoms with Gasteiger partial charge in [-0.2, -0.15) is 0 Å². The Kier molecular flexibility index (Phi) is 8.63. The number of fused-ring (bicyclic) bond motifs is 2. The quantitative estimate of drug-likeness (QED) is 0.268. The first-order chi connectivity index (χ1) is 17.8. The minimum Gasteiger partial charge on any atom is -0.458 e. The molecule has 4 rings (SSSR count). The maximum Gasteiger partial charge on any atom is 0.338 e. The summed E-state index contributed by atoms with van der Waals surface area (Å²) in [7, 11) is 0. The van der Waals surface area contributed by atoms with E-state index in [1.54, 1.807) is 37.3 Å². The van der Waals surface area contributed by atoms with E-state index in [9.17, 15) is 19.2 Å². The van der Waals surface area contributed by atoms with Gasteiger partial charge in [0.2, 0.25) is 5.78 Å². The number of carbonyl (C=O) groups excluding carboxylic acids is 4. The normalized spacial score (nSPS) is 34.6. The number of ketones is 1. The van der Waals surface area contributed by atoms with Crippen LogP contribution in [0.2, 0.25) is 0 Å². The van der Waals surface area contributed by atoms with Gasteiger partial charge in [-0.3, -0.25) is 14.4 Å². The minimum atomic E-state index is -1.69. The van der Waals surface area contributed by atoms with Crippen LogP contribution in [0.1, 0.15) is 78.6 Å². The van der Waals surface area contributed by atoms with E-state index in [-0.39, 0.29) is 36.9 Å². The standard InChI is InChI=1S/C31H38O7.CH4/c1-17-13-14-23-24(30(23,6)7)15-18(2)28(34)31(38-21(5)33)16-19(3)27(25(31)26(17)36-20(4)32)37-29(35)22-11-9-8-10-12-22;/h8-12,15,19,23-27H,1,13-14,16H2,2-7H3;1H4/b18-15+;. The van der Waals surface area contributed by atoms with Crippen LogP contribution in [0.15, 0.2) is 54.1 Å². The van der Waals surface area contributed by atoms with E-state index in [1.807, 2.05) is 13.0 Å². The molecule has 7 unspecified atom stereocenters. The second kappa shape index (κ2) is 11.1. The van der Waals surface area contributed by atoms with Gasteiger partial charge in [-0.15, -0.1) is 0 Å². The first kappa shape index (κ1) is 30.3. The molecule has 2 fully saturated rings. The zero-order valence-electron chi connectivity index (χ0n) is 23.1. The summed E-state index contributed by atoms with van der Waals surface area (Å²) in [5.74, 6) is -2.89. The van der Waals surface area contributed by atoms with Crippen molar-refractivity contribution in [2.45, 2.75) is 86.0 Å². The van der Waals surface area contributed by atoms with Crippen molar-refractivity contribution in [2.75, 3.05) is 0 Å². The van der Waals surface area contributed by atoms with Crippen LogP contribution in [0.3, 0.4) is 0 Å². The van der Waals surface area contributed by atoms with Crippen LogP contribution in [0.5, 0.6) is 0 Å². The SMILES string of the molecule is C.C=C1CCC2C(/C=C(\C)C(=O)C3(OC(C)=O)CC(C)C(OC(=O)c4ccccc4)C3C1OC(C)=O)C2(C)C. The van der Waals surface area contributed by atoms with Crippen LogP contribution in [-0.4, -0.2) is 41.5 Å². The molecule has 7 atom stereocenters. The maximum atomic E-state index is 14.3. The Balaban J connectivity index is 0.00000420. The predicted octanol–water partition coefficient (Wildman–Crippen LogP) is 5.88. The molecule has 0 spiro atoms. The molecule has 0 heterocycles. The molecule has 1 aromatic rings. The van der Waals surface area contributed by atoms with Gasteiger partial charge in [0.05, 0.1) is 11.5 Å². The van der Waals surface area contributed by atoms with Crippen molar-refractivity contribution in [2.24, 2.45) is 29.1 Å². The zero-order chi connectivity index (χ0) is 28.0. The van der Waals surface area contributed by atoms with Gasteiger partial charge in [-0.05, 0) is 66.2 Å². The molecule has 0 amide bonds. The molecule has 39 heavy (non-hydrogen) atoms. The Labute approximate surface area is 232 Å². The fourth-order valence-corrected chi connectivity index (χ4v) is 6.80. The molecule has 3 aliphatic carbocycles.